The van der Waals surface area contributed by atoms with Crippen molar-refractivity contribution in [2.24, 2.45) is 0 Å². The summed E-state index contributed by atoms with van der Waals surface area (Å²) in [5.41, 5.74) is 7.76. The molecule has 0 aliphatic carbocycles. The van der Waals surface area contributed by atoms with Crippen molar-refractivity contribution >= 4 is 11.6 Å². The van der Waals surface area contributed by atoms with Crippen molar-refractivity contribution < 1.29 is 4.79 Å². The van der Waals surface area contributed by atoms with Gasteiger partial charge in [-0.1, -0.05) is 12.1 Å². The maximum atomic E-state index is 11.7. The van der Waals surface area contributed by atoms with E-state index in [2.05, 4.69) is 5.32 Å². The van der Waals surface area contributed by atoms with Gasteiger partial charge < -0.3 is 11.1 Å². The van der Waals surface area contributed by atoms with Crippen LogP contribution in [-0.4, -0.2) is 11.9 Å². The molecule has 0 aliphatic rings. The van der Waals surface area contributed by atoms with Crippen molar-refractivity contribution in [3.05, 3.63) is 29.3 Å². The molecule has 0 unspecified atom stereocenters. The Labute approximate surface area is 84.3 Å². The molecule has 3 heteroatoms. The van der Waals surface area contributed by atoms with Crippen LogP contribution in [0.4, 0.5) is 5.69 Å². The van der Waals surface area contributed by atoms with Gasteiger partial charge in [0.05, 0.1) is 5.56 Å². The van der Waals surface area contributed by atoms with Gasteiger partial charge in [0, 0.05) is 11.7 Å². The number of amides is 1. The van der Waals surface area contributed by atoms with Crippen molar-refractivity contribution in [1.82, 2.24) is 5.32 Å². The smallest absolute Gasteiger partial charge is 0.253 e. The lowest BCUT2D eigenvalue weighted by Crippen LogP contribution is -2.31. The molecule has 0 saturated heterocycles. The molecular formula is C11H16N2O. The predicted molar refractivity (Wildman–Crippen MR) is 58.2 cm³/mol. The van der Waals surface area contributed by atoms with Gasteiger partial charge in [-0.3, -0.25) is 4.79 Å². The molecule has 0 aromatic heterocycles. The van der Waals surface area contributed by atoms with Crippen LogP contribution in [0.2, 0.25) is 0 Å². The Morgan fingerprint density at radius 2 is 2.07 bits per heavy atom. The number of carbonyl (C=O) groups excluding carboxylic acids is 1. The van der Waals surface area contributed by atoms with Crippen LogP contribution in [-0.2, 0) is 0 Å². The summed E-state index contributed by atoms with van der Waals surface area (Å²) in [5.74, 6) is -0.101. The highest BCUT2D eigenvalue weighted by Gasteiger charge is 2.12. The molecule has 3 N–H and O–H groups in total. The van der Waals surface area contributed by atoms with E-state index in [4.69, 9.17) is 5.73 Å². The summed E-state index contributed by atoms with van der Waals surface area (Å²) in [6, 6.07) is 5.59. The van der Waals surface area contributed by atoms with Crippen LogP contribution in [0.5, 0.6) is 0 Å². The summed E-state index contributed by atoms with van der Waals surface area (Å²) >= 11 is 0. The lowest BCUT2D eigenvalue weighted by molar-refractivity contribution is 0.0943. The summed E-state index contributed by atoms with van der Waals surface area (Å²) in [6.45, 7) is 5.73. The van der Waals surface area contributed by atoms with Crippen LogP contribution in [0.1, 0.15) is 29.8 Å². The van der Waals surface area contributed by atoms with Gasteiger partial charge in [0.2, 0.25) is 0 Å². The highest BCUT2D eigenvalue weighted by Crippen LogP contribution is 2.15. The molecule has 76 valence electrons. The zero-order valence-electron chi connectivity index (χ0n) is 8.79. The minimum atomic E-state index is -0.101. The summed E-state index contributed by atoms with van der Waals surface area (Å²) in [4.78, 5) is 11.7. The summed E-state index contributed by atoms with van der Waals surface area (Å²) < 4.78 is 0. The van der Waals surface area contributed by atoms with Gasteiger partial charge in [-0.05, 0) is 32.4 Å². The predicted octanol–water partition coefficient (Wildman–Crippen LogP) is 1.72. The van der Waals surface area contributed by atoms with Gasteiger partial charge >= 0.3 is 0 Å². The third-order valence-corrected chi connectivity index (χ3v) is 1.95. The Kier molecular flexibility index (Phi) is 3.12. The van der Waals surface area contributed by atoms with Gasteiger partial charge in [0.1, 0.15) is 0 Å². The Hall–Kier alpha value is -1.51. The molecule has 0 bridgehead atoms. The van der Waals surface area contributed by atoms with E-state index in [1.54, 1.807) is 6.07 Å². The number of benzene rings is 1. The van der Waals surface area contributed by atoms with Gasteiger partial charge in [0.25, 0.3) is 5.91 Å². The fraction of sp³-hybridized carbons (Fsp3) is 0.364. The summed E-state index contributed by atoms with van der Waals surface area (Å²) in [6.07, 6.45) is 0. The molecule has 0 heterocycles. The Bertz CT molecular complexity index is 325. The van der Waals surface area contributed by atoms with E-state index in [1.807, 2.05) is 32.9 Å². The van der Waals surface area contributed by atoms with Crippen LogP contribution in [0.3, 0.4) is 0 Å². The fourth-order valence-electron chi connectivity index (χ4n) is 1.33. The number of aryl methyl sites for hydroxylation is 1. The molecule has 0 aliphatic heterocycles. The highest BCUT2D eigenvalue weighted by atomic mass is 16.1. The second kappa shape index (κ2) is 4.13. The first-order valence-electron chi connectivity index (χ1n) is 4.68. The minimum Gasteiger partial charge on any atom is -0.398 e. The first kappa shape index (κ1) is 10.6. The molecule has 1 amide bonds. The number of carbonyl (C=O) groups is 1. The number of nitrogen functional groups attached to an aromatic ring is 1. The maximum Gasteiger partial charge on any atom is 0.253 e. The van der Waals surface area contributed by atoms with Gasteiger partial charge in [-0.2, -0.15) is 0 Å². The number of hydrogen-bond acceptors (Lipinski definition) is 2. The third-order valence-electron chi connectivity index (χ3n) is 1.95. The van der Waals surface area contributed by atoms with E-state index in [0.29, 0.717) is 11.3 Å². The average molecular weight is 192 g/mol. The van der Waals surface area contributed by atoms with E-state index in [9.17, 15) is 4.79 Å². The first-order valence-corrected chi connectivity index (χ1v) is 4.68. The van der Waals surface area contributed by atoms with Crippen molar-refractivity contribution in [2.75, 3.05) is 5.73 Å². The molecule has 0 saturated carbocycles. The van der Waals surface area contributed by atoms with Crippen molar-refractivity contribution in [2.45, 2.75) is 26.8 Å². The largest absolute Gasteiger partial charge is 0.398 e. The standard InChI is InChI=1S/C11H16N2O/c1-7(2)13-11(14)10-8(3)5-4-6-9(10)12/h4-7H,12H2,1-3H3,(H,13,14). The number of hydrogen-bond donors (Lipinski definition) is 2. The summed E-state index contributed by atoms with van der Waals surface area (Å²) in [7, 11) is 0. The van der Waals surface area contributed by atoms with Crippen LogP contribution in [0.15, 0.2) is 18.2 Å². The van der Waals surface area contributed by atoms with Crippen LogP contribution < -0.4 is 11.1 Å². The number of nitrogens with one attached hydrogen (secondary N) is 1. The van der Waals surface area contributed by atoms with Crippen molar-refractivity contribution in [3.63, 3.8) is 0 Å². The molecule has 1 rings (SSSR count). The van der Waals surface area contributed by atoms with Gasteiger partial charge in [-0.15, -0.1) is 0 Å². The normalized spacial score (nSPS) is 10.3. The number of rotatable bonds is 2. The first-order chi connectivity index (χ1) is 6.52. The zero-order chi connectivity index (χ0) is 10.7. The van der Waals surface area contributed by atoms with E-state index in [1.165, 1.54) is 0 Å². The monoisotopic (exact) mass is 192 g/mol. The molecule has 3 nitrogen and oxygen atoms in total. The number of nitrogens with two attached hydrogens (primary N) is 1. The van der Waals surface area contributed by atoms with Crippen LogP contribution in [0.25, 0.3) is 0 Å². The van der Waals surface area contributed by atoms with Gasteiger partial charge in [0.15, 0.2) is 0 Å². The summed E-state index contributed by atoms with van der Waals surface area (Å²) in [5, 5.41) is 2.82. The lowest BCUT2D eigenvalue weighted by Gasteiger charge is -2.12. The molecule has 1 aromatic rings. The molecule has 14 heavy (non-hydrogen) atoms. The fourth-order valence-corrected chi connectivity index (χ4v) is 1.33. The molecule has 0 spiro atoms. The molecular weight excluding hydrogens is 176 g/mol. The highest BCUT2D eigenvalue weighted by molar-refractivity contribution is 6.00. The minimum absolute atomic E-state index is 0.101. The zero-order valence-corrected chi connectivity index (χ0v) is 8.79. The van der Waals surface area contributed by atoms with E-state index < -0.39 is 0 Å². The topological polar surface area (TPSA) is 55.1 Å². The van der Waals surface area contributed by atoms with Crippen molar-refractivity contribution in [1.29, 1.82) is 0 Å². The van der Waals surface area contributed by atoms with E-state index >= 15 is 0 Å². The third kappa shape index (κ3) is 2.25. The molecule has 0 fully saturated rings. The average Bonchev–Trinajstić information content (AvgIpc) is 2.01. The van der Waals surface area contributed by atoms with Crippen LogP contribution >= 0.6 is 0 Å². The lowest BCUT2D eigenvalue weighted by atomic mass is 10.1. The Morgan fingerprint density at radius 3 is 2.57 bits per heavy atom. The second-order valence-corrected chi connectivity index (χ2v) is 3.67. The van der Waals surface area contributed by atoms with E-state index in [-0.39, 0.29) is 11.9 Å². The van der Waals surface area contributed by atoms with Crippen LogP contribution in [0, 0.1) is 6.92 Å². The molecule has 1 aromatic carbocycles. The Morgan fingerprint density at radius 1 is 1.43 bits per heavy atom. The van der Waals surface area contributed by atoms with E-state index in [0.717, 1.165) is 5.56 Å². The SMILES string of the molecule is Cc1cccc(N)c1C(=O)NC(C)C. The van der Waals surface area contributed by atoms with Gasteiger partial charge in [-0.25, -0.2) is 0 Å². The molecule has 0 radical (unpaired) electrons. The maximum absolute atomic E-state index is 11.7. The van der Waals surface area contributed by atoms with Crippen molar-refractivity contribution in [3.8, 4) is 0 Å². The quantitative estimate of drug-likeness (QED) is 0.701. The number of anilines is 1. The Balaban J connectivity index is 3.00. The molecule has 0 atom stereocenters. The second-order valence-electron chi connectivity index (χ2n) is 3.67.